The predicted molar refractivity (Wildman–Crippen MR) is 176 cm³/mol. The summed E-state index contributed by atoms with van der Waals surface area (Å²) in [6, 6.07) is 0. The molecule has 0 amide bonds. The zero-order valence-corrected chi connectivity index (χ0v) is 24.5. The van der Waals surface area contributed by atoms with Crippen molar-refractivity contribution in [3.05, 3.63) is 46.6 Å². The molecule has 0 aliphatic heterocycles. The van der Waals surface area contributed by atoms with E-state index in [1.54, 1.807) is 22.3 Å². The van der Waals surface area contributed by atoms with E-state index in [0.717, 1.165) is 10.8 Å². The lowest BCUT2D eigenvalue weighted by molar-refractivity contribution is 0.234. The van der Waals surface area contributed by atoms with Crippen molar-refractivity contribution in [2.24, 2.45) is 10.8 Å². The number of rotatable bonds is 2. The average molecular weight is 561 g/mol. The van der Waals surface area contributed by atoms with Crippen LogP contribution >= 0.6 is 0 Å². The van der Waals surface area contributed by atoms with Gasteiger partial charge in [-0.2, -0.15) is 0 Å². The van der Waals surface area contributed by atoms with Gasteiger partial charge >= 0.3 is 0 Å². The smallest absolute Gasteiger partial charge is 0.0260 e. The number of halogens is 2. The molecule has 0 aromatic rings. The van der Waals surface area contributed by atoms with Crippen LogP contribution < -0.4 is 0 Å². The fraction of sp³-hybridized carbons (Fsp3) is 0.789. The zero-order valence-electron chi connectivity index (χ0n) is 24.5. The van der Waals surface area contributed by atoms with Crippen LogP contribution in [0.1, 0.15) is 182 Å². The molecular formula is C38H66F2. The van der Waals surface area contributed by atoms with Gasteiger partial charge in [0.25, 0.3) is 0 Å². The molecule has 0 heterocycles. The van der Waals surface area contributed by atoms with Gasteiger partial charge in [-0.3, -0.25) is 9.41 Å². The maximum Gasteiger partial charge on any atom is -0.0260 e. The van der Waals surface area contributed by atoms with Crippen LogP contribution in [0, 0.1) is 10.8 Å². The van der Waals surface area contributed by atoms with E-state index >= 15 is 0 Å². The first-order valence-corrected chi connectivity index (χ1v) is 16.5. The first-order valence-electron chi connectivity index (χ1n) is 16.5. The molecule has 0 unspecified atom stereocenters. The Kier molecular flexibility index (Phi) is 16.9. The minimum Gasteiger partial charge on any atom is -0.269 e. The first kappa shape index (κ1) is 36.8. The van der Waals surface area contributed by atoms with Gasteiger partial charge in [0.05, 0.1) is 0 Å². The van der Waals surface area contributed by atoms with Crippen molar-refractivity contribution < 1.29 is 9.41 Å². The summed E-state index contributed by atoms with van der Waals surface area (Å²) in [6.07, 6.45) is 47.7. The minimum absolute atomic E-state index is 0. The first-order chi connectivity index (χ1) is 17.7. The minimum atomic E-state index is 0. The van der Waals surface area contributed by atoms with E-state index in [2.05, 4.69) is 24.3 Å². The van der Waals surface area contributed by atoms with Gasteiger partial charge in [0.2, 0.25) is 0 Å². The molecule has 6 saturated carbocycles. The Morgan fingerprint density at radius 1 is 0.325 bits per heavy atom. The monoisotopic (exact) mass is 561 g/mol. The summed E-state index contributed by atoms with van der Waals surface area (Å²) in [6.45, 7) is 0. The molecule has 2 spiro atoms. The molecule has 0 bridgehead atoms. The molecule has 0 nitrogen and oxygen atoms in total. The lowest BCUT2D eigenvalue weighted by Gasteiger charge is -2.34. The van der Waals surface area contributed by atoms with Crippen LogP contribution in [0.3, 0.4) is 0 Å². The summed E-state index contributed by atoms with van der Waals surface area (Å²) < 4.78 is 0. The van der Waals surface area contributed by atoms with Crippen LogP contribution in [0.25, 0.3) is 0 Å². The van der Waals surface area contributed by atoms with E-state index in [1.807, 2.05) is 0 Å². The van der Waals surface area contributed by atoms with Gasteiger partial charge in [-0.25, -0.2) is 0 Å². The summed E-state index contributed by atoms with van der Waals surface area (Å²) in [4.78, 5) is 0. The third kappa shape index (κ3) is 10.6. The standard InChI is InChI=1S/2C18H28.2CH4.2FH/c2*1-2-7-16(8-3-1)10-11-17-9-6-14-18(15-17)12-4-5-13-18;;;;/h2*10-11H,1-9,12-15H2;2*1H4;2*1H/b17-11+;17-11-;;;;. The molecule has 0 radical (unpaired) electrons. The third-order valence-electron chi connectivity index (χ3n) is 11.0. The summed E-state index contributed by atoms with van der Waals surface area (Å²) in [5.74, 6) is 0. The van der Waals surface area contributed by atoms with Crippen molar-refractivity contribution in [1.29, 1.82) is 0 Å². The van der Waals surface area contributed by atoms with E-state index in [1.165, 1.54) is 167 Å². The Morgan fingerprint density at radius 3 is 0.950 bits per heavy atom. The van der Waals surface area contributed by atoms with Gasteiger partial charge in [-0.15, -0.1) is 0 Å². The topological polar surface area (TPSA) is 0 Å². The van der Waals surface area contributed by atoms with E-state index < -0.39 is 0 Å². The maximum atomic E-state index is 2.51. The fourth-order valence-electron chi connectivity index (χ4n) is 8.90. The average Bonchev–Trinajstić information content (AvgIpc) is 3.58. The molecule has 0 atom stereocenters. The lowest BCUT2D eigenvalue weighted by Crippen LogP contribution is -2.21. The SMILES string of the molecule is C.C.C(/C=C1/CCCC2(CCCC2)C1)=C1CCCCC1.C(/C=C1\CCCC2(CCCC2)C1)=C1CCCCC1.F.F. The van der Waals surface area contributed by atoms with Crippen molar-refractivity contribution in [2.75, 3.05) is 0 Å². The van der Waals surface area contributed by atoms with E-state index in [4.69, 9.17) is 0 Å². The second-order valence-electron chi connectivity index (χ2n) is 13.9. The van der Waals surface area contributed by atoms with Crippen molar-refractivity contribution in [2.45, 2.75) is 182 Å². The Hall–Kier alpha value is -1.18. The second kappa shape index (κ2) is 18.4. The molecule has 40 heavy (non-hydrogen) atoms. The predicted octanol–water partition coefficient (Wildman–Crippen LogP) is 13.5. The highest BCUT2D eigenvalue weighted by Crippen LogP contribution is 2.51. The molecule has 6 aliphatic rings. The lowest BCUT2D eigenvalue weighted by atomic mass is 9.71. The molecule has 0 aromatic heterocycles. The van der Waals surface area contributed by atoms with Gasteiger partial charge in [0, 0.05) is 0 Å². The van der Waals surface area contributed by atoms with Crippen LogP contribution in [0.2, 0.25) is 0 Å². The van der Waals surface area contributed by atoms with Crippen molar-refractivity contribution in [3.63, 3.8) is 0 Å². The van der Waals surface area contributed by atoms with Gasteiger partial charge < -0.3 is 0 Å². The largest absolute Gasteiger partial charge is 0.269 e. The van der Waals surface area contributed by atoms with Gasteiger partial charge in [0.1, 0.15) is 0 Å². The molecule has 0 saturated heterocycles. The van der Waals surface area contributed by atoms with Crippen LogP contribution in [-0.4, -0.2) is 0 Å². The van der Waals surface area contributed by atoms with Crippen LogP contribution in [0.5, 0.6) is 0 Å². The van der Waals surface area contributed by atoms with E-state index in [-0.39, 0.29) is 24.3 Å². The molecule has 232 valence electrons. The van der Waals surface area contributed by atoms with E-state index in [0.29, 0.717) is 0 Å². The molecule has 6 rings (SSSR count). The molecule has 0 N–H and O–H groups in total. The maximum absolute atomic E-state index is 2.51. The highest BCUT2D eigenvalue weighted by atomic mass is 19.0. The number of allylic oxidation sites excluding steroid dienone is 8. The third-order valence-corrected chi connectivity index (χ3v) is 11.0. The van der Waals surface area contributed by atoms with E-state index in [9.17, 15) is 0 Å². The Balaban J connectivity index is 0.000000364. The van der Waals surface area contributed by atoms with Crippen LogP contribution in [-0.2, 0) is 0 Å². The summed E-state index contributed by atoms with van der Waals surface area (Å²) >= 11 is 0. The van der Waals surface area contributed by atoms with Gasteiger partial charge in [-0.1, -0.05) is 100.0 Å². The highest BCUT2D eigenvalue weighted by molar-refractivity contribution is 5.22. The normalized spacial score (nSPS) is 27.0. The Bertz CT molecular complexity index is 744. The van der Waals surface area contributed by atoms with Gasteiger partial charge in [0.15, 0.2) is 0 Å². The molecule has 2 heteroatoms. The zero-order chi connectivity index (χ0) is 24.5. The van der Waals surface area contributed by atoms with Crippen LogP contribution in [0.4, 0.5) is 9.41 Å². The highest BCUT2D eigenvalue weighted by Gasteiger charge is 2.37. The number of hydrogen-bond donors (Lipinski definition) is 0. The summed E-state index contributed by atoms with van der Waals surface area (Å²) in [5, 5.41) is 0. The van der Waals surface area contributed by atoms with Gasteiger partial charge in [-0.05, 0) is 139 Å². The Labute approximate surface area is 248 Å². The quantitative estimate of drug-likeness (QED) is 0.315. The summed E-state index contributed by atoms with van der Waals surface area (Å²) in [5.41, 5.74) is 8.46. The summed E-state index contributed by atoms with van der Waals surface area (Å²) in [7, 11) is 0. The fourth-order valence-corrected chi connectivity index (χ4v) is 8.90. The van der Waals surface area contributed by atoms with Crippen LogP contribution in [0.15, 0.2) is 46.6 Å². The molecule has 6 fully saturated rings. The Morgan fingerprint density at radius 2 is 0.600 bits per heavy atom. The molecular weight excluding hydrogens is 494 g/mol. The molecule has 0 aromatic carbocycles. The van der Waals surface area contributed by atoms with Crippen molar-refractivity contribution in [1.82, 2.24) is 0 Å². The second-order valence-corrected chi connectivity index (χ2v) is 13.9. The number of hydrogen-bond acceptors (Lipinski definition) is 0. The van der Waals surface area contributed by atoms with Crippen molar-refractivity contribution in [3.8, 4) is 0 Å². The molecule has 6 aliphatic carbocycles. The van der Waals surface area contributed by atoms with Crippen molar-refractivity contribution >= 4 is 0 Å².